The van der Waals surface area contributed by atoms with E-state index in [9.17, 15) is 13.2 Å². The van der Waals surface area contributed by atoms with E-state index in [2.05, 4.69) is 25.7 Å². The van der Waals surface area contributed by atoms with Crippen molar-refractivity contribution in [3.63, 3.8) is 0 Å². The Morgan fingerprint density at radius 2 is 1.89 bits per heavy atom. The van der Waals surface area contributed by atoms with Crippen LogP contribution in [0.5, 0.6) is 6.01 Å². The number of hydrogen-bond donors (Lipinski definition) is 3. The van der Waals surface area contributed by atoms with Gasteiger partial charge in [-0.15, -0.1) is 0 Å². The van der Waals surface area contributed by atoms with E-state index in [4.69, 9.17) is 10.6 Å². The molecule has 1 rings (SSSR count). The van der Waals surface area contributed by atoms with Gasteiger partial charge in [0.15, 0.2) is 0 Å². The minimum absolute atomic E-state index is 0.0452. The summed E-state index contributed by atoms with van der Waals surface area (Å²) in [4.78, 5) is 11.5. The number of hydrazine groups is 1. The first-order valence-corrected chi connectivity index (χ1v) is 5.60. The van der Waals surface area contributed by atoms with Gasteiger partial charge in [-0.1, -0.05) is 0 Å². The number of hydrogen-bond acceptors (Lipinski definition) is 7. The molecule has 1 heterocycles. The Labute approximate surface area is 107 Å². The van der Waals surface area contributed by atoms with Crippen molar-refractivity contribution in [2.45, 2.75) is 25.9 Å². The number of halogens is 3. The van der Waals surface area contributed by atoms with Crippen molar-refractivity contribution in [3.8, 4) is 6.01 Å². The third-order valence-electron chi connectivity index (χ3n) is 1.94. The van der Waals surface area contributed by atoms with Gasteiger partial charge < -0.3 is 10.1 Å². The van der Waals surface area contributed by atoms with Crippen molar-refractivity contribution in [3.05, 3.63) is 0 Å². The van der Waals surface area contributed by atoms with Crippen molar-refractivity contribution in [2.24, 2.45) is 5.84 Å². The second-order valence-electron chi connectivity index (χ2n) is 3.49. The predicted octanol–water partition coefficient (Wildman–Crippen LogP) is 1.31. The zero-order valence-electron chi connectivity index (χ0n) is 10.3. The smallest absolute Gasteiger partial charge is 0.389 e. The van der Waals surface area contributed by atoms with E-state index >= 15 is 0 Å². The molecule has 1 aromatic heterocycles. The van der Waals surface area contributed by atoms with Crippen molar-refractivity contribution in [2.75, 3.05) is 23.9 Å². The third-order valence-corrected chi connectivity index (χ3v) is 1.94. The Kier molecular flexibility index (Phi) is 5.55. The second kappa shape index (κ2) is 6.92. The first-order valence-electron chi connectivity index (χ1n) is 5.60. The maximum Gasteiger partial charge on any atom is 0.389 e. The van der Waals surface area contributed by atoms with Crippen LogP contribution < -0.4 is 21.3 Å². The van der Waals surface area contributed by atoms with E-state index in [1.807, 2.05) is 0 Å². The summed E-state index contributed by atoms with van der Waals surface area (Å²) in [5.74, 6) is 5.33. The van der Waals surface area contributed by atoms with Crippen LogP contribution in [-0.2, 0) is 0 Å². The summed E-state index contributed by atoms with van der Waals surface area (Å²) in [6.45, 7) is 2.18. The number of rotatable bonds is 7. The second-order valence-corrected chi connectivity index (χ2v) is 3.49. The van der Waals surface area contributed by atoms with E-state index in [1.165, 1.54) is 0 Å². The maximum absolute atomic E-state index is 11.9. The van der Waals surface area contributed by atoms with Gasteiger partial charge in [0, 0.05) is 13.0 Å². The highest BCUT2D eigenvalue weighted by molar-refractivity contribution is 5.34. The van der Waals surface area contributed by atoms with Crippen LogP contribution in [0.1, 0.15) is 19.8 Å². The van der Waals surface area contributed by atoms with Crippen LogP contribution >= 0.6 is 0 Å². The predicted molar refractivity (Wildman–Crippen MR) is 62.6 cm³/mol. The molecule has 0 aliphatic carbocycles. The van der Waals surface area contributed by atoms with E-state index in [0.717, 1.165) is 0 Å². The normalized spacial score (nSPS) is 11.2. The number of anilines is 2. The quantitative estimate of drug-likeness (QED) is 0.393. The molecule has 4 N–H and O–H groups in total. The molecule has 0 aromatic carbocycles. The molecule has 0 spiro atoms. The number of nitrogen functional groups attached to an aromatic ring is 1. The molecule has 0 saturated carbocycles. The molecule has 0 bridgehead atoms. The van der Waals surface area contributed by atoms with E-state index in [0.29, 0.717) is 6.61 Å². The largest absolute Gasteiger partial charge is 0.464 e. The molecule has 0 radical (unpaired) electrons. The lowest BCUT2D eigenvalue weighted by Crippen LogP contribution is -2.16. The lowest BCUT2D eigenvalue weighted by atomic mass is 10.3. The summed E-state index contributed by atoms with van der Waals surface area (Å²) in [5.41, 5.74) is 2.22. The minimum atomic E-state index is -4.17. The molecular weight excluding hydrogens is 265 g/mol. The van der Waals surface area contributed by atoms with Gasteiger partial charge in [-0.3, -0.25) is 5.43 Å². The van der Waals surface area contributed by atoms with Gasteiger partial charge in [-0.25, -0.2) is 5.84 Å². The molecule has 19 heavy (non-hydrogen) atoms. The molecule has 0 fully saturated rings. The zero-order chi connectivity index (χ0) is 14.3. The summed E-state index contributed by atoms with van der Waals surface area (Å²) in [7, 11) is 0. The molecule has 0 atom stereocenters. The summed E-state index contributed by atoms with van der Waals surface area (Å²) in [5, 5.41) is 2.65. The molecule has 0 unspecified atom stereocenters. The Bertz CT molecular complexity index is 400. The number of ether oxygens (including phenoxy) is 1. The molecule has 0 amide bonds. The van der Waals surface area contributed by atoms with Crippen LogP contribution in [0, 0.1) is 0 Å². The molecule has 10 heteroatoms. The fourth-order valence-electron chi connectivity index (χ4n) is 1.18. The van der Waals surface area contributed by atoms with Crippen molar-refractivity contribution in [1.29, 1.82) is 0 Å². The highest BCUT2D eigenvalue weighted by Crippen LogP contribution is 2.21. The monoisotopic (exact) mass is 280 g/mol. The molecule has 0 aliphatic heterocycles. The van der Waals surface area contributed by atoms with Crippen LogP contribution in [0.15, 0.2) is 0 Å². The number of aromatic nitrogens is 3. The molecule has 108 valence electrons. The fourth-order valence-corrected chi connectivity index (χ4v) is 1.18. The van der Waals surface area contributed by atoms with E-state index in [-0.39, 0.29) is 30.9 Å². The van der Waals surface area contributed by atoms with Crippen LogP contribution in [0.2, 0.25) is 0 Å². The van der Waals surface area contributed by atoms with Crippen LogP contribution in [0.4, 0.5) is 25.1 Å². The maximum atomic E-state index is 11.9. The lowest BCUT2D eigenvalue weighted by molar-refractivity contribution is -0.134. The summed E-state index contributed by atoms with van der Waals surface area (Å²) >= 11 is 0. The van der Waals surface area contributed by atoms with Crippen molar-refractivity contribution >= 4 is 11.9 Å². The van der Waals surface area contributed by atoms with Gasteiger partial charge in [-0.05, 0) is 13.3 Å². The highest BCUT2D eigenvalue weighted by Gasteiger charge is 2.25. The molecule has 1 aromatic rings. The summed E-state index contributed by atoms with van der Waals surface area (Å²) in [6.07, 6.45) is -5.11. The highest BCUT2D eigenvalue weighted by atomic mass is 19.4. The SMILES string of the molecule is CCOc1nc(NN)nc(NCCCC(F)(F)F)n1. The number of nitrogens with one attached hydrogen (secondary N) is 2. The fraction of sp³-hybridized carbons (Fsp3) is 0.667. The number of alkyl halides is 3. The average Bonchev–Trinajstić information content (AvgIpc) is 2.34. The summed E-state index contributed by atoms with van der Waals surface area (Å²) < 4.78 is 40.9. The van der Waals surface area contributed by atoms with E-state index in [1.54, 1.807) is 6.92 Å². The minimum Gasteiger partial charge on any atom is -0.464 e. The van der Waals surface area contributed by atoms with Gasteiger partial charge in [0.25, 0.3) is 0 Å². The van der Waals surface area contributed by atoms with Crippen molar-refractivity contribution < 1.29 is 17.9 Å². The van der Waals surface area contributed by atoms with E-state index < -0.39 is 12.6 Å². The summed E-state index contributed by atoms with van der Waals surface area (Å²) in [6, 6.07) is 0.0452. The van der Waals surface area contributed by atoms with Crippen LogP contribution in [-0.4, -0.2) is 34.3 Å². The molecule has 0 saturated heterocycles. The van der Waals surface area contributed by atoms with Gasteiger partial charge in [0.05, 0.1) is 6.61 Å². The van der Waals surface area contributed by atoms with Crippen LogP contribution in [0.3, 0.4) is 0 Å². The lowest BCUT2D eigenvalue weighted by Gasteiger charge is -2.09. The van der Waals surface area contributed by atoms with Gasteiger partial charge in [0.1, 0.15) is 0 Å². The molecule has 0 aliphatic rings. The first-order chi connectivity index (χ1) is 8.94. The Hall–Kier alpha value is -1.84. The third kappa shape index (κ3) is 6.04. The average molecular weight is 280 g/mol. The number of nitrogens with zero attached hydrogens (tertiary/aromatic N) is 3. The van der Waals surface area contributed by atoms with Gasteiger partial charge in [0.2, 0.25) is 11.9 Å². The standard InChI is InChI=1S/C9H15F3N6O/c1-2-19-8-16-6(15-7(17-8)18-13)14-5-3-4-9(10,11)12/h2-5,13H2,1H3,(H2,14,15,16,17,18). The first kappa shape index (κ1) is 15.2. The number of nitrogens with two attached hydrogens (primary N) is 1. The Morgan fingerprint density at radius 3 is 2.47 bits per heavy atom. The zero-order valence-corrected chi connectivity index (χ0v) is 10.3. The Morgan fingerprint density at radius 1 is 1.21 bits per heavy atom. The van der Waals surface area contributed by atoms with Crippen LogP contribution in [0.25, 0.3) is 0 Å². The molecule has 7 nitrogen and oxygen atoms in total. The Balaban J connectivity index is 2.54. The topological polar surface area (TPSA) is 98.0 Å². The molecular formula is C9H15F3N6O. The van der Waals surface area contributed by atoms with Gasteiger partial charge in [-0.2, -0.15) is 28.1 Å². The van der Waals surface area contributed by atoms with Crippen molar-refractivity contribution in [1.82, 2.24) is 15.0 Å². The van der Waals surface area contributed by atoms with Gasteiger partial charge >= 0.3 is 12.2 Å².